The molecule has 3 nitrogen and oxygen atoms in total. The average Bonchev–Trinajstić information content (AvgIpc) is 2.38. The fourth-order valence-corrected chi connectivity index (χ4v) is 2.02. The highest BCUT2D eigenvalue weighted by molar-refractivity contribution is 5.13. The smallest absolute Gasteiger partial charge is 0.121 e. The molecule has 1 aromatic carbocycles. The molecule has 0 amide bonds. The van der Waals surface area contributed by atoms with Crippen LogP contribution in [0.25, 0.3) is 0 Å². The molecule has 0 aromatic heterocycles. The summed E-state index contributed by atoms with van der Waals surface area (Å²) in [5.41, 5.74) is 1.22. The second-order valence-corrected chi connectivity index (χ2v) is 4.95. The molecule has 0 radical (unpaired) electrons. The summed E-state index contributed by atoms with van der Waals surface area (Å²) in [6.45, 7) is 7.02. The Morgan fingerprint density at radius 3 is 2.53 bits per heavy atom. The van der Waals surface area contributed by atoms with E-state index < -0.39 is 0 Å². The molecule has 2 atom stereocenters. The van der Waals surface area contributed by atoms with E-state index in [4.69, 9.17) is 4.74 Å². The molecule has 3 heteroatoms. The highest BCUT2D eigenvalue weighted by atomic mass is 16.5. The van der Waals surface area contributed by atoms with Gasteiger partial charge < -0.3 is 10.1 Å². The third-order valence-corrected chi connectivity index (χ3v) is 3.23. The third-order valence-electron chi connectivity index (χ3n) is 3.23. The maximum absolute atomic E-state index is 5.82. The normalized spacial score (nSPS) is 25.1. The van der Waals surface area contributed by atoms with E-state index >= 15 is 0 Å². The second-order valence-electron chi connectivity index (χ2n) is 4.95. The van der Waals surface area contributed by atoms with Gasteiger partial charge in [0.2, 0.25) is 0 Å². The minimum atomic E-state index is 0.130. The van der Waals surface area contributed by atoms with Gasteiger partial charge >= 0.3 is 0 Å². The zero-order valence-corrected chi connectivity index (χ0v) is 10.6. The molecule has 94 valence electrons. The van der Waals surface area contributed by atoms with Crippen LogP contribution in [0.1, 0.15) is 19.4 Å². The van der Waals surface area contributed by atoms with Crippen molar-refractivity contribution in [3.8, 4) is 0 Å². The second kappa shape index (κ2) is 6.15. The predicted octanol–water partition coefficient (Wildman–Crippen LogP) is 1.75. The third kappa shape index (κ3) is 3.80. The lowest BCUT2D eigenvalue weighted by Crippen LogP contribution is -2.56. The molecule has 2 N–H and O–H groups in total. The highest BCUT2D eigenvalue weighted by Crippen LogP contribution is 2.07. The van der Waals surface area contributed by atoms with Gasteiger partial charge in [0, 0.05) is 19.1 Å². The number of piperazine rings is 1. The van der Waals surface area contributed by atoms with Gasteiger partial charge in [-0.25, -0.2) is 0 Å². The van der Waals surface area contributed by atoms with Crippen LogP contribution in [0.2, 0.25) is 0 Å². The molecule has 2 unspecified atom stereocenters. The van der Waals surface area contributed by atoms with Crippen molar-refractivity contribution < 1.29 is 4.74 Å². The van der Waals surface area contributed by atoms with Crippen molar-refractivity contribution in [2.24, 2.45) is 5.92 Å². The number of hydrogen-bond acceptors (Lipinski definition) is 3. The lowest BCUT2D eigenvalue weighted by molar-refractivity contribution is -0.000166. The molecule has 0 bridgehead atoms. The van der Waals surface area contributed by atoms with Crippen molar-refractivity contribution in [2.45, 2.75) is 32.7 Å². The Morgan fingerprint density at radius 1 is 1.18 bits per heavy atom. The summed E-state index contributed by atoms with van der Waals surface area (Å²) in [6.07, 6.45) is 0.130. The average molecular weight is 234 g/mol. The summed E-state index contributed by atoms with van der Waals surface area (Å²) in [5, 5.41) is 6.95. The molecule has 1 saturated heterocycles. The largest absolute Gasteiger partial charge is 0.357 e. The van der Waals surface area contributed by atoms with E-state index in [1.54, 1.807) is 0 Å². The summed E-state index contributed by atoms with van der Waals surface area (Å²) in [6, 6.07) is 10.9. The summed E-state index contributed by atoms with van der Waals surface area (Å²) in [7, 11) is 0. The zero-order valence-electron chi connectivity index (χ0n) is 10.6. The Kier molecular flexibility index (Phi) is 4.54. The molecule has 1 heterocycles. The van der Waals surface area contributed by atoms with Crippen molar-refractivity contribution in [1.82, 2.24) is 10.6 Å². The van der Waals surface area contributed by atoms with Crippen molar-refractivity contribution in [2.75, 3.05) is 13.1 Å². The Hall–Kier alpha value is -0.900. The minimum Gasteiger partial charge on any atom is -0.357 e. The van der Waals surface area contributed by atoms with E-state index in [2.05, 4.69) is 36.6 Å². The maximum Gasteiger partial charge on any atom is 0.121 e. The van der Waals surface area contributed by atoms with E-state index in [0.717, 1.165) is 13.1 Å². The first-order chi connectivity index (χ1) is 8.25. The number of ether oxygens (including phenoxy) is 1. The summed E-state index contributed by atoms with van der Waals surface area (Å²) in [4.78, 5) is 0. The summed E-state index contributed by atoms with van der Waals surface area (Å²) < 4.78 is 5.82. The molecule has 0 saturated carbocycles. The van der Waals surface area contributed by atoms with Crippen LogP contribution < -0.4 is 10.6 Å². The van der Waals surface area contributed by atoms with Gasteiger partial charge in [0.05, 0.1) is 6.61 Å². The minimum absolute atomic E-state index is 0.130. The molecular weight excluding hydrogens is 212 g/mol. The molecule has 1 fully saturated rings. The van der Waals surface area contributed by atoms with Gasteiger partial charge in [0.1, 0.15) is 6.23 Å². The van der Waals surface area contributed by atoms with Gasteiger partial charge in [-0.1, -0.05) is 44.2 Å². The monoisotopic (exact) mass is 234 g/mol. The molecule has 1 aromatic rings. The van der Waals surface area contributed by atoms with Gasteiger partial charge in [-0.3, -0.25) is 5.32 Å². The van der Waals surface area contributed by atoms with Gasteiger partial charge in [0.15, 0.2) is 0 Å². The Labute approximate surface area is 104 Å². The summed E-state index contributed by atoms with van der Waals surface area (Å²) in [5.74, 6) is 0.664. The van der Waals surface area contributed by atoms with Crippen LogP contribution >= 0.6 is 0 Å². The molecule has 0 aliphatic carbocycles. The van der Waals surface area contributed by atoms with Crippen LogP contribution in [0, 0.1) is 5.92 Å². The van der Waals surface area contributed by atoms with E-state index in [0.29, 0.717) is 18.6 Å². The van der Waals surface area contributed by atoms with Crippen molar-refractivity contribution in [3.05, 3.63) is 35.9 Å². The summed E-state index contributed by atoms with van der Waals surface area (Å²) >= 11 is 0. The predicted molar refractivity (Wildman–Crippen MR) is 69.7 cm³/mol. The first-order valence-corrected chi connectivity index (χ1v) is 6.38. The topological polar surface area (TPSA) is 33.3 Å². The van der Waals surface area contributed by atoms with E-state index in [1.165, 1.54) is 5.56 Å². The van der Waals surface area contributed by atoms with Crippen LogP contribution in [0.3, 0.4) is 0 Å². The first-order valence-electron chi connectivity index (χ1n) is 6.38. The van der Waals surface area contributed by atoms with Crippen LogP contribution in [0.5, 0.6) is 0 Å². The number of nitrogens with one attached hydrogen (secondary N) is 2. The maximum atomic E-state index is 5.82. The van der Waals surface area contributed by atoms with E-state index in [1.807, 2.05) is 18.2 Å². The Bertz CT molecular complexity index is 318. The number of rotatable bonds is 4. The van der Waals surface area contributed by atoms with E-state index in [9.17, 15) is 0 Å². The van der Waals surface area contributed by atoms with Gasteiger partial charge in [-0.05, 0) is 11.5 Å². The van der Waals surface area contributed by atoms with Gasteiger partial charge in [-0.15, -0.1) is 0 Å². The highest BCUT2D eigenvalue weighted by Gasteiger charge is 2.21. The standard InChI is InChI=1S/C14H22N2O/c1-11(2)13-8-16-14(9-15-13)17-10-12-6-4-3-5-7-12/h3-7,11,13-16H,8-10H2,1-2H3. The van der Waals surface area contributed by atoms with Crippen LogP contribution in [-0.2, 0) is 11.3 Å². The lowest BCUT2D eigenvalue weighted by Gasteiger charge is -2.33. The molecule has 1 aliphatic rings. The molecule has 17 heavy (non-hydrogen) atoms. The van der Waals surface area contributed by atoms with Crippen molar-refractivity contribution in [3.63, 3.8) is 0 Å². The fraction of sp³-hybridized carbons (Fsp3) is 0.571. The van der Waals surface area contributed by atoms with Gasteiger partial charge in [-0.2, -0.15) is 0 Å². The number of hydrogen-bond donors (Lipinski definition) is 2. The number of benzene rings is 1. The molecule has 2 rings (SSSR count). The molecule has 1 aliphatic heterocycles. The Balaban J connectivity index is 1.72. The van der Waals surface area contributed by atoms with Crippen molar-refractivity contribution >= 4 is 0 Å². The van der Waals surface area contributed by atoms with E-state index in [-0.39, 0.29) is 6.23 Å². The van der Waals surface area contributed by atoms with Crippen LogP contribution in [0.15, 0.2) is 30.3 Å². The fourth-order valence-electron chi connectivity index (χ4n) is 2.02. The lowest BCUT2D eigenvalue weighted by atomic mass is 10.0. The van der Waals surface area contributed by atoms with Gasteiger partial charge in [0.25, 0.3) is 0 Å². The Morgan fingerprint density at radius 2 is 1.94 bits per heavy atom. The quantitative estimate of drug-likeness (QED) is 0.832. The molecule has 0 spiro atoms. The first kappa shape index (κ1) is 12.6. The zero-order chi connectivity index (χ0) is 12.1. The van der Waals surface area contributed by atoms with Crippen molar-refractivity contribution in [1.29, 1.82) is 0 Å². The SMILES string of the molecule is CC(C)C1CNC(OCc2ccccc2)CN1. The van der Waals surface area contributed by atoms with Crippen LogP contribution in [0.4, 0.5) is 0 Å². The van der Waals surface area contributed by atoms with Crippen LogP contribution in [-0.4, -0.2) is 25.4 Å². The molecular formula is C14H22N2O.